The molecule has 2 N–H and O–H groups in total. The lowest BCUT2D eigenvalue weighted by atomic mass is 10.1. The van der Waals surface area contributed by atoms with Crippen molar-refractivity contribution in [3.05, 3.63) is 66.0 Å². The number of unbranched alkanes of at least 4 members (excludes halogenated alkanes) is 2. The lowest BCUT2D eigenvalue weighted by molar-refractivity contribution is 0.112. The van der Waals surface area contributed by atoms with Crippen LogP contribution in [0.4, 0.5) is 0 Å². The van der Waals surface area contributed by atoms with Gasteiger partial charge in [-0.25, -0.2) is 4.98 Å². The number of aromatic nitrogens is 3. The van der Waals surface area contributed by atoms with Crippen molar-refractivity contribution in [3.8, 4) is 22.8 Å². The normalized spacial score (nSPS) is 11.1. The first-order chi connectivity index (χ1) is 15.8. The highest BCUT2D eigenvalue weighted by atomic mass is 16.5. The van der Waals surface area contributed by atoms with E-state index in [9.17, 15) is 0 Å². The molecule has 0 bridgehead atoms. The average Bonchev–Trinajstić information content (AvgIpc) is 2.85. The molecule has 0 radical (unpaired) electrons. The third-order valence-electron chi connectivity index (χ3n) is 4.85. The zero-order valence-corrected chi connectivity index (χ0v) is 18.3. The molecule has 3 heterocycles. The Labute approximate surface area is 189 Å². The molecule has 3 rings (SSSR count). The maximum atomic E-state index is 8.79. The largest absolute Gasteiger partial charge is 0.396 e. The zero-order chi connectivity index (χ0) is 22.4. The van der Waals surface area contributed by atoms with Crippen LogP contribution in [-0.4, -0.2) is 51.6 Å². The van der Waals surface area contributed by atoms with Gasteiger partial charge in [-0.2, -0.15) is 0 Å². The quantitative estimate of drug-likeness (QED) is 0.370. The van der Waals surface area contributed by atoms with Gasteiger partial charge in [-0.1, -0.05) is 18.2 Å². The van der Waals surface area contributed by atoms with Crippen molar-refractivity contribution < 1.29 is 19.7 Å². The highest BCUT2D eigenvalue weighted by molar-refractivity contribution is 5.61. The monoisotopic (exact) mass is 437 g/mol. The molecule has 0 aliphatic carbocycles. The molecule has 7 nitrogen and oxygen atoms in total. The van der Waals surface area contributed by atoms with Crippen LogP contribution < -0.4 is 0 Å². The fraction of sp³-hybridized carbons (Fsp3) is 0.400. The number of rotatable bonds is 14. The molecular formula is C25H31N3O4. The zero-order valence-electron chi connectivity index (χ0n) is 18.3. The number of pyridine rings is 3. The summed E-state index contributed by atoms with van der Waals surface area (Å²) in [5.41, 5.74) is 5.18. The second kappa shape index (κ2) is 13.6. The molecule has 0 aliphatic rings. The maximum absolute atomic E-state index is 8.79. The number of hydrogen-bond donors (Lipinski definition) is 2. The van der Waals surface area contributed by atoms with Gasteiger partial charge in [-0.05, 0) is 61.1 Å². The Bertz CT molecular complexity index is 844. The molecule has 0 aliphatic heterocycles. The number of aliphatic hydroxyl groups excluding tert-OH is 2. The van der Waals surface area contributed by atoms with Crippen molar-refractivity contribution in [2.75, 3.05) is 26.4 Å². The molecule has 0 aromatic carbocycles. The number of aliphatic hydroxyl groups is 2. The van der Waals surface area contributed by atoms with Crippen LogP contribution in [0.3, 0.4) is 0 Å². The van der Waals surface area contributed by atoms with Gasteiger partial charge in [0.25, 0.3) is 0 Å². The van der Waals surface area contributed by atoms with Crippen LogP contribution in [0.5, 0.6) is 0 Å². The van der Waals surface area contributed by atoms with Gasteiger partial charge in [-0.3, -0.25) is 9.97 Å². The van der Waals surface area contributed by atoms with Gasteiger partial charge < -0.3 is 19.7 Å². The average molecular weight is 438 g/mol. The van der Waals surface area contributed by atoms with E-state index in [1.807, 2.05) is 54.9 Å². The van der Waals surface area contributed by atoms with Gasteiger partial charge in [0.1, 0.15) is 0 Å². The lowest BCUT2D eigenvalue weighted by Gasteiger charge is -2.07. The van der Waals surface area contributed by atoms with Crippen molar-refractivity contribution in [1.82, 2.24) is 15.0 Å². The van der Waals surface area contributed by atoms with Crippen LogP contribution in [0.25, 0.3) is 22.8 Å². The smallest absolute Gasteiger partial charge is 0.0894 e. The Balaban J connectivity index is 1.56. The van der Waals surface area contributed by atoms with E-state index in [4.69, 9.17) is 24.7 Å². The molecule has 0 unspecified atom stereocenters. The molecule has 7 heteroatoms. The molecule has 0 saturated heterocycles. The molecule has 0 amide bonds. The second-order valence-corrected chi connectivity index (χ2v) is 7.48. The van der Waals surface area contributed by atoms with Crippen LogP contribution in [0.1, 0.15) is 36.8 Å². The molecule has 0 saturated carbocycles. The predicted octanol–water partition coefficient (Wildman–Crippen LogP) is 3.78. The van der Waals surface area contributed by atoms with E-state index in [1.54, 1.807) is 0 Å². The molecule has 32 heavy (non-hydrogen) atoms. The summed E-state index contributed by atoms with van der Waals surface area (Å²) in [5, 5.41) is 17.6. The third-order valence-corrected chi connectivity index (χ3v) is 4.85. The first-order valence-electron chi connectivity index (χ1n) is 11.0. The molecular weight excluding hydrogens is 406 g/mol. The summed E-state index contributed by atoms with van der Waals surface area (Å²) in [4.78, 5) is 13.8. The van der Waals surface area contributed by atoms with Crippen molar-refractivity contribution >= 4 is 0 Å². The SMILES string of the molecule is OCCCCOCc1ccc(-c2cccc(-c3ccc(COCCCCO)cn3)n2)nc1. The van der Waals surface area contributed by atoms with Gasteiger partial charge in [0.05, 0.1) is 36.0 Å². The maximum Gasteiger partial charge on any atom is 0.0894 e. The summed E-state index contributed by atoms with van der Waals surface area (Å²) in [6, 6.07) is 13.7. The Hall–Kier alpha value is -2.71. The first kappa shape index (κ1) is 23.9. The summed E-state index contributed by atoms with van der Waals surface area (Å²) in [6.07, 6.45) is 6.84. The van der Waals surface area contributed by atoms with Gasteiger partial charge in [0.2, 0.25) is 0 Å². The van der Waals surface area contributed by atoms with Gasteiger partial charge >= 0.3 is 0 Å². The van der Waals surface area contributed by atoms with Crippen molar-refractivity contribution in [1.29, 1.82) is 0 Å². The molecule has 0 atom stereocenters. The summed E-state index contributed by atoms with van der Waals surface area (Å²) >= 11 is 0. The number of nitrogens with zero attached hydrogens (tertiary/aromatic N) is 3. The minimum absolute atomic E-state index is 0.200. The number of ether oxygens (including phenoxy) is 2. The Morgan fingerprint density at radius 1 is 0.594 bits per heavy atom. The fourth-order valence-corrected chi connectivity index (χ4v) is 3.05. The Kier molecular flexibility index (Phi) is 10.2. The van der Waals surface area contributed by atoms with Crippen LogP contribution in [0.2, 0.25) is 0 Å². The second-order valence-electron chi connectivity index (χ2n) is 7.48. The van der Waals surface area contributed by atoms with E-state index in [0.717, 1.165) is 59.6 Å². The standard InChI is InChI=1S/C25H31N3O4/c29-12-1-3-14-31-18-20-8-10-22(26-16-20)24-6-5-7-25(28-24)23-11-9-21(17-27-23)19-32-15-4-2-13-30/h5-11,16-17,29-30H,1-4,12-15,18-19H2. The Morgan fingerprint density at radius 3 is 1.50 bits per heavy atom. The third kappa shape index (κ3) is 7.76. The minimum atomic E-state index is 0.200. The molecule has 0 fully saturated rings. The summed E-state index contributed by atoms with van der Waals surface area (Å²) in [5.74, 6) is 0. The van der Waals surface area contributed by atoms with Crippen LogP contribution >= 0.6 is 0 Å². The fourth-order valence-electron chi connectivity index (χ4n) is 3.05. The van der Waals surface area contributed by atoms with E-state index in [2.05, 4.69) is 9.97 Å². The number of hydrogen-bond acceptors (Lipinski definition) is 7. The first-order valence-corrected chi connectivity index (χ1v) is 11.0. The molecule has 0 spiro atoms. The summed E-state index contributed by atoms with van der Waals surface area (Å²) in [6.45, 7) is 2.68. The van der Waals surface area contributed by atoms with E-state index in [0.29, 0.717) is 26.4 Å². The van der Waals surface area contributed by atoms with Crippen molar-refractivity contribution in [2.45, 2.75) is 38.9 Å². The molecule has 3 aromatic heterocycles. The van der Waals surface area contributed by atoms with Gasteiger partial charge in [0.15, 0.2) is 0 Å². The highest BCUT2D eigenvalue weighted by Crippen LogP contribution is 2.21. The molecule has 3 aromatic rings. The van der Waals surface area contributed by atoms with Crippen LogP contribution in [0, 0.1) is 0 Å². The summed E-state index contributed by atoms with van der Waals surface area (Å²) in [7, 11) is 0. The van der Waals surface area contributed by atoms with E-state index < -0.39 is 0 Å². The van der Waals surface area contributed by atoms with Gasteiger partial charge in [-0.15, -0.1) is 0 Å². The lowest BCUT2D eigenvalue weighted by Crippen LogP contribution is -1.98. The molecule has 170 valence electrons. The summed E-state index contributed by atoms with van der Waals surface area (Å²) < 4.78 is 11.2. The van der Waals surface area contributed by atoms with Crippen molar-refractivity contribution in [3.63, 3.8) is 0 Å². The Morgan fingerprint density at radius 2 is 1.09 bits per heavy atom. The van der Waals surface area contributed by atoms with Crippen LogP contribution in [-0.2, 0) is 22.7 Å². The van der Waals surface area contributed by atoms with Crippen molar-refractivity contribution in [2.24, 2.45) is 0 Å². The van der Waals surface area contributed by atoms with Crippen LogP contribution in [0.15, 0.2) is 54.9 Å². The predicted molar refractivity (Wildman–Crippen MR) is 123 cm³/mol. The highest BCUT2D eigenvalue weighted by Gasteiger charge is 2.06. The van der Waals surface area contributed by atoms with E-state index in [-0.39, 0.29) is 13.2 Å². The minimum Gasteiger partial charge on any atom is -0.396 e. The van der Waals surface area contributed by atoms with E-state index in [1.165, 1.54) is 0 Å². The van der Waals surface area contributed by atoms with Gasteiger partial charge in [0, 0.05) is 38.8 Å². The topological polar surface area (TPSA) is 97.6 Å². The van der Waals surface area contributed by atoms with E-state index >= 15 is 0 Å².